The Bertz CT molecular complexity index is 662. The first-order valence-electron chi connectivity index (χ1n) is 12.4. The molecule has 1 heterocycles. The summed E-state index contributed by atoms with van der Waals surface area (Å²) < 4.78 is 5.89. The molecule has 1 atom stereocenters. The molecule has 0 saturated carbocycles. The summed E-state index contributed by atoms with van der Waals surface area (Å²) in [5, 5.41) is 0. The summed E-state index contributed by atoms with van der Waals surface area (Å²) in [5.74, 6) is 1.75. The molecule has 2 heteroatoms. The lowest BCUT2D eigenvalue weighted by molar-refractivity contribution is 0.294. The van der Waals surface area contributed by atoms with Crippen LogP contribution in [0.4, 0.5) is 0 Å². The Balaban J connectivity index is 1.67. The van der Waals surface area contributed by atoms with Crippen molar-refractivity contribution in [2.24, 2.45) is 5.92 Å². The van der Waals surface area contributed by atoms with Gasteiger partial charge in [-0.1, -0.05) is 90.3 Å². The van der Waals surface area contributed by atoms with E-state index in [0.717, 1.165) is 31.1 Å². The number of pyridine rings is 1. The second-order valence-corrected chi connectivity index (χ2v) is 8.79. The van der Waals surface area contributed by atoms with Crippen molar-refractivity contribution in [3.8, 4) is 16.9 Å². The van der Waals surface area contributed by atoms with E-state index in [-0.39, 0.29) is 0 Å². The molecule has 0 bridgehead atoms. The molecule has 0 saturated heterocycles. The molecule has 0 aliphatic rings. The largest absolute Gasteiger partial charge is 0.494 e. The predicted octanol–water partition coefficient (Wildman–Crippen LogP) is 8.64. The number of benzene rings is 1. The zero-order chi connectivity index (χ0) is 21.4. The van der Waals surface area contributed by atoms with Crippen LogP contribution in [0.15, 0.2) is 42.6 Å². The highest BCUT2D eigenvalue weighted by atomic mass is 16.5. The molecular weight excluding hydrogens is 366 g/mol. The van der Waals surface area contributed by atoms with Crippen molar-refractivity contribution in [2.45, 2.75) is 97.8 Å². The Labute approximate surface area is 185 Å². The normalized spacial score (nSPS) is 12.1. The van der Waals surface area contributed by atoms with Crippen LogP contribution in [0.1, 0.15) is 97.1 Å². The quantitative estimate of drug-likeness (QED) is 0.259. The van der Waals surface area contributed by atoms with Crippen molar-refractivity contribution in [3.63, 3.8) is 0 Å². The summed E-state index contributed by atoms with van der Waals surface area (Å²) in [6.07, 6.45) is 17.6. The van der Waals surface area contributed by atoms with Gasteiger partial charge in [-0.3, -0.25) is 4.98 Å². The van der Waals surface area contributed by atoms with Gasteiger partial charge in [0.1, 0.15) is 5.75 Å². The summed E-state index contributed by atoms with van der Waals surface area (Å²) in [6, 6.07) is 12.8. The van der Waals surface area contributed by atoms with E-state index in [1.807, 2.05) is 6.20 Å². The number of unbranched alkanes of at least 4 members (excludes halogenated alkanes) is 7. The van der Waals surface area contributed by atoms with Gasteiger partial charge in [-0.15, -0.1) is 0 Å². The third-order valence-electron chi connectivity index (χ3n) is 6.11. The monoisotopic (exact) mass is 409 g/mol. The summed E-state index contributed by atoms with van der Waals surface area (Å²) in [5.41, 5.74) is 3.59. The highest BCUT2D eigenvalue weighted by Crippen LogP contribution is 2.23. The van der Waals surface area contributed by atoms with Crippen LogP contribution >= 0.6 is 0 Å². The number of nitrogens with zero attached hydrogens (tertiary/aromatic N) is 1. The van der Waals surface area contributed by atoms with Crippen LogP contribution in [0.2, 0.25) is 0 Å². The SMILES string of the molecule is CCCCCCCCCCc1ccc(-c2ccc(OCCCC(C)CC)cc2)cn1. The summed E-state index contributed by atoms with van der Waals surface area (Å²) in [6.45, 7) is 7.64. The predicted molar refractivity (Wildman–Crippen MR) is 130 cm³/mol. The second-order valence-electron chi connectivity index (χ2n) is 8.79. The molecule has 0 N–H and O–H groups in total. The summed E-state index contributed by atoms with van der Waals surface area (Å²) in [7, 11) is 0. The lowest BCUT2D eigenvalue weighted by atomic mass is 10.0. The smallest absolute Gasteiger partial charge is 0.119 e. The molecule has 2 aromatic rings. The fourth-order valence-corrected chi connectivity index (χ4v) is 3.75. The molecule has 0 aliphatic carbocycles. The average Bonchev–Trinajstić information content (AvgIpc) is 2.79. The lowest BCUT2D eigenvalue weighted by Gasteiger charge is -2.10. The fraction of sp³-hybridized carbons (Fsp3) is 0.607. The second kappa shape index (κ2) is 15.0. The maximum absolute atomic E-state index is 5.89. The Morgan fingerprint density at radius 1 is 0.767 bits per heavy atom. The minimum Gasteiger partial charge on any atom is -0.494 e. The first-order valence-corrected chi connectivity index (χ1v) is 12.4. The van der Waals surface area contributed by atoms with Gasteiger partial charge in [0.2, 0.25) is 0 Å². The van der Waals surface area contributed by atoms with E-state index in [4.69, 9.17) is 4.74 Å². The topological polar surface area (TPSA) is 22.1 Å². The summed E-state index contributed by atoms with van der Waals surface area (Å²) in [4.78, 5) is 4.69. The van der Waals surface area contributed by atoms with Gasteiger partial charge in [-0.05, 0) is 55.4 Å². The fourth-order valence-electron chi connectivity index (χ4n) is 3.75. The molecule has 166 valence electrons. The molecule has 1 aromatic carbocycles. The molecule has 0 aliphatic heterocycles. The van der Waals surface area contributed by atoms with Crippen molar-refractivity contribution in [3.05, 3.63) is 48.3 Å². The average molecular weight is 410 g/mol. The molecule has 0 spiro atoms. The molecule has 30 heavy (non-hydrogen) atoms. The number of rotatable bonds is 16. The van der Waals surface area contributed by atoms with Crippen LogP contribution < -0.4 is 4.74 Å². The number of hydrogen-bond acceptors (Lipinski definition) is 2. The maximum Gasteiger partial charge on any atom is 0.119 e. The minimum absolute atomic E-state index is 0.794. The van der Waals surface area contributed by atoms with Crippen LogP contribution in [-0.4, -0.2) is 11.6 Å². The molecule has 0 amide bonds. The van der Waals surface area contributed by atoms with Gasteiger partial charge in [-0.25, -0.2) is 0 Å². The zero-order valence-electron chi connectivity index (χ0n) is 19.7. The van der Waals surface area contributed by atoms with E-state index < -0.39 is 0 Å². The van der Waals surface area contributed by atoms with E-state index in [9.17, 15) is 0 Å². The molecular formula is C28H43NO. The van der Waals surface area contributed by atoms with Crippen LogP contribution in [0.5, 0.6) is 5.75 Å². The van der Waals surface area contributed by atoms with E-state index in [2.05, 4.69) is 62.2 Å². The van der Waals surface area contributed by atoms with Gasteiger partial charge in [0.15, 0.2) is 0 Å². The minimum atomic E-state index is 0.794. The first kappa shape index (κ1) is 24.4. The highest BCUT2D eigenvalue weighted by Gasteiger charge is 2.02. The molecule has 2 nitrogen and oxygen atoms in total. The van der Waals surface area contributed by atoms with Crippen LogP contribution in [0.3, 0.4) is 0 Å². The Hall–Kier alpha value is -1.83. The van der Waals surface area contributed by atoms with Crippen LogP contribution in [-0.2, 0) is 6.42 Å². The van der Waals surface area contributed by atoms with Crippen molar-refractivity contribution in [2.75, 3.05) is 6.61 Å². The molecule has 1 aromatic heterocycles. The van der Waals surface area contributed by atoms with E-state index >= 15 is 0 Å². The Morgan fingerprint density at radius 2 is 1.43 bits per heavy atom. The van der Waals surface area contributed by atoms with Crippen LogP contribution in [0, 0.1) is 5.92 Å². The standard InChI is InChI=1S/C28H43NO/c1-4-6-7-8-9-10-11-12-15-27-19-16-26(23-29-27)25-17-20-28(21-18-25)30-22-13-14-24(3)5-2/h16-21,23-24H,4-15,22H2,1-3H3. The Kier molecular flexibility index (Phi) is 12.3. The third-order valence-corrected chi connectivity index (χ3v) is 6.11. The van der Waals surface area contributed by atoms with Gasteiger partial charge in [0.05, 0.1) is 6.61 Å². The molecule has 2 rings (SSSR count). The number of hydrogen-bond donors (Lipinski definition) is 0. The van der Waals surface area contributed by atoms with Crippen molar-refractivity contribution >= 4 is 0 Å². The van der Waals surface area contributed by atoms with Crippen molar-refractivity contribution in [1.29, 1.82) is 0 Å². The van der Waals surface area contributed by atoms with E-state index in [0.29, 0.717) is 0 Å². The maximum atomic E-state index is 5.89. The number of aromatic nitrogens is 1. The van der Waals surface area contributed by atoms with Crippen molar-refractivity contribution < 1.29 is 4.74 Å². The van der Waals surface area contributed by atoms with Gasteiger partial charge in [0, 0.05) is 17.5 Å². The lowest BCUT2D eigenvalue weighted by Crippen LogP contribution is -2.00. The Morgan fingerprint density at radius 3 is 2.07 bits per heavy atom. The van der Waals surface area contributed by atoms with E-state index in [1.54, 1.807) is 0 Å². The number of aryl methyl sites for hydroxylation is 1. The molecule has 1 unspecified atom stereocenters. The van der Waals surface area contributed by atoms with Crippen molar-refractivity contribution in [1.82, 2.24) is 4.98 Å². The highest BCUT2D eigenvalue weighted by molar-refractivity contribution is 5.63. The van der Waals surface area contributed by atoms with Gasteiger partial charge in [-0.2, -0.15) is 0 Å². The third kappa shape index (κ3) is 9.78. The van der Waals surface area contributed by atoms with Crippen LogP contribution in [0.25, 0.3) is 11.1 Å². The molecule has 0 fully saturated rings. The zero-order valence-corrected chi connectivity index (χ0v) is 19.7. The first-order chi connectivity index (χ1) is 14.7. The van der Waals surface area contributed by atoms with Gasteiger partial charge < -0.3 is 4.74 Å². The van der Waals surface area contributed by atoms with Gasteiger partial charge in [0.25, 0.3) is 0 Å². The van der Waals surface area contributed by atoms with E-state index in [1.165, 1.54) is 81.0 Å². The van der Waals surface area contributed by atoms with Gasteiger partial charge >= 0.3 is 0 Å². The summed E-state index contributed by atoms with van der Waals surface area (Å²) >= 11 is 0. The number of ether oxygens (including phenoxy) is 1. The molecule has 0 radical (unpaired) electrons.